The van der Waals surface area contributed by atoms with E-state index in [1.54, 1.807) is 0 Å². The average molecular weight is 985 g/mol. The summed E-state index contributed by atoms with van der Waals surface area (Å²) in [5, 5.41) is 11.5. The first-order valence-corrected chi connectivity index (χ1v) is 23.1. The number of halogens is 9. The minimum absolute atomic E-state index is 0.000727. The van der Waals surface area contributed by atoms with Crippen molar-refractivity contribution < 1.29 is 45.8 Å². The van der Waals surface area contributed by atoms with Crippen molar-refractivity contribution in [3.63, 3.8) is 0 Å². The number of hydrogen-bond donors (Lipinski definition) is 1. The molecule has 4 fully saturated rings. The molecule has 0 unspecified atom stereocenters. The Hall–Kier alpha value is -3.62. The molecule has 0 bridgehead atoms. The van der Waals surface area contributed by atoms with Gasteiger partial charge in [-0.15, -0.1) is 0 Å². The van der Waals surface area contributed by atoms with Gasteiger partial charge in [0.15, 0.2) is 0 Å². The van der Waals surface area contributed by atoms with Crippen molar-refractivity contribution in [2.45, 2.75) is 112 Å². The molecule has 0 radical (unpaired) electrons. The molecule has 4 aromatic carbocycles. The number of ether oxygens (including phenoxy) is 1. The molecule has 0 spiro atoms. The maximum Gasteiger partial charge on any atom is 0.416 e. The zero-order chi connectivity index (χ0) is 45.4. The van der Waals surface area contributed by atoms with Gasteiger partial charge in [-0.25, -0.2) is 0 Å². The highest BCUT2D eigenvalue weighted by molar-refractivity contribution is 9.08. The second-order valence-electron chi connectivity index (χ2n) is 16.7. The van der Waals surface area contributed by atoms with E-state index >= 15 is 0 Å². The number of carbonyl (C=O) groups excluding carboxylic acids is 2. The zero-order valence-corrected chi connectivity index (χ0v) is 37.8. The van der Waals surface area contributed by atoms with Crippen LogP contribution in [0.4, 0.5) is 26.3 Å². The highest BCUT2D eigenvalue weighted by Gasteiger charge is 2.49. The normalized spacial score (nSPS) is 18.8. The molecule has 2 aliphatic heterocycles. The Labute approximate surface area is 383 Å². The summed E-state index contributed by atoms with van der Waals surface area (Å²) < 4.78 is 80.0. The van der Waals surface area contributed by atoms with Gasteiger partial charge < -0.3 is 19.6 Å². The lowest BCUT2D eigenvalue weighted by Gasteiger charge is -2.45. The predicted molar refractivity (Wildman–Crippen MR) is 236 cm³/mol. The summed E-state index contributed by atoms with van der Waals surface area (Å²) in [6, 6.07) is 25.4. The Kier molecular flexibility index (Phi) is 16.4. The van der Waals surface area contributed by atoms with Crippen LogP contribution in [-0.2, 0) is 49.4 Å². The highest BCUT2D eigenvalue weighted by Crippen LogP contribution is 2.47. The van der Waals surface area contributed by atoms with Gasteiger partial charge in [-0.1, -0.05) is 101 Å². The van der Waals surface area contributed by atoms with E-state index in [1.165, 1.54) is 24.3 Å². The summed E-state index contributed by atoms with van der Waals surface area (Å²) in [5.74, 6) is 0.417. The maximum absolute atomic E-state index is 13.3. The first-order chi connectivity index (χ1) is 29.9. The third-order valence-electron chi connectivity index (χ3n) is 12.7. The van der Waals surface area contributed by atoms with Crippen LogP contribution in [0.25, 0.3) is 0 Å². The molecule has 15 heteroatoms. The molecule has 2 saturated carbocycles. The van der Waals surface area contributed by atoms with Gasteiger partial charge in [-0.2, -0.15) is 26.3 Å². The Morgan fingerprint density at radius 2 is 0.968 bits per heavy atom. The van der Waals surface area contributed by atoms with E-state index < -0.39 is 28.9 Å². The number of carbonyl (C=O) groups is 2. The third-order valence-corrected chi connectivity index (χ3v) is 13.9. The number of likely N-dealkylation sites (tertiary alicyclic amines) is 2. The molecular formula is C48H51BrCl2F6N2O4. The van der Waals surface area contributed by atoms with Crippen molar-refractivity contribution in [1.82, 2.24) is 9.80 Å². The van der Waals surface area contributed by atoms with Gasteiger partial charge in [0, 0.05) is 41.6 Å². The monoisotopic (exact) mass is 982 g/mol. The molecule has 4 aliphatic rings. The Bertz CT molecular complexity index is 2100. The predicted octanol–water partition coefficient (Wildman–Crippen LogP) is 12.3. The lowest BCUT2D eigenvalue weighted by Crippen LogP contribution is -2.53. The second kappa shape index (κ2) is 21.1. The number of nitrogens with zero attached hydrogens (tertiary/aromatic N) is 2. The lowest BCUT2D eigenvalue weighted by molar-refractivity contribution is -0.144. The highest BCUT2D eigenvalue weighted by atomic mass is 79.9. The van der Waals surface area contributed by atoms with Gasteiger partial charge in [0.1, 0.15) is 0 Å². The van der Waals surface area contributed by atoms with Crippen LogP contribution in [0, 0.1) is 0 Å². The van der Waals surface area contributed by atoms with Crippen LogP contribution in [0.15, 0.2) is 97.1 Å². The number of rotatable bonds is 8. The first-order valence-electron chi connectivity index (χ1n) is 21.2. The van der Waals surface area contributed by atoms with Crippen LogP contribution < -0.4 is 0 Å². The Morgan fingerprint density at radius 1 is 0.603 bits per heavy atom. The van der Waals surface area contributed by atoms with Gasteiger partial charge in [-0.3, -0.25) is 9.59 Å². The molecular weight excluding hydrogens is 933 g/mol. The van der Waals surface area contributed by atoms with E-state index in [0.29, 0.717) is 60.0 Å². The molecule has 2 amide bonds. The number of amides is 2. The number of alkyl halides is 7. The van der Waals surface area contributed by atoms with Crippen molar-refractivity contribution in [3.05, 3.63) is 140 Å². The summed E-state index contributed by atoms with van der Waals surface area (Å²) in [6.07, 6.45) is -0.253. The maximum atomic E-state index is 13.3. The van der Waals surface area contributed by atoms with Crippen LogP contribution in [0.5, 0.6) is 0 Å². The van der Waals surface area contributed by atoms with Crippen LogP contribution in [0.2, 0.25) is 10.0 Å². The fraction of sp³-hybridized carbons (Fsp3) is 0.458. The topological polar surface area (TPSA) is 70.1 Å². The number of aliphatic hydroxyl groups is 1. The van der Waals surface area contributed by atoms with E-state index in [4.69, 9.17) is 27.9 Å². The third kappa shape index (κ3) is 12.2. The van der Waals surface area contributed by atoms with Crippen molar-refractivity contribution in [1.29, 1.82) is 0 Å². The van der Waals surface area contributed by atoms with Crippen molar-refractivity contribution in [2.75, 3.05) is 26.2 Å². The molecule has 0 atom stereocenters. The first kappa shape index (κ1) is 48.8. The summed E-state index contributed by atoms with van der Waals surface area (Å²) >= 11 is 15.1. The van der Waals surface area contributed by atoms with Crippen LogP contribution in [0.3, 0.4) is 0 Å². The van der Waals surface area contributed by atoms with Crippen LogP contribution >= 0.6 is 39.1 Å². The molecule has 1 N–H and O–H groups in total. The molecule has 2 heterocycles. The number of piperidine rings is 2. The standard InChI is InChI=1S/C24H25ClF3NO2.C16H20ClNO2.C8H6BrF3/c25-20-8-6-18(7-9-20)23(12-1-13-23)22(30)29-14-10-21(11-15-29)31-16-17-2-4-19(5-3-17)24(26,27)28;17-13-4-2-12(3-5-13)16(8-1-9-16)15(20)18-10-6-14(19)7-11-18;9-5-6-1-3-7(4-2-6)8(10,11)12/h2-9,21H,1,10-16H2;2-5,14,19H,1,6-11H2;1-4H,5H2. The quantitative estimate of drug-likeness (QED) is 0.141. The Balaban J connectivity index is 0.000000176. The molecule has 6 nitrogen and oxygen atoms in total. The lowest BCUT2D eigenvalue weighted by atomic mass is 9.63. The van der Waals surface area contributed by atoms with Crippen molar-refractivity contribution in [2.24, 2.45) is 0 Å². The zero-order valence-electron chi connectivity index (χ0n) is 34.7. The summed E-state index contributed by atoms with van der Waals surface area (Å²) in [5.41, 5.74) is 1.63. The molecule has 8 rings (SSSR count). The van der Waals surface area contributed by atoms with E-state index in [-0.39, 0.29) is 36.0 Å². The largest absolute Gasteiger partial charge is 0.416 e. The molecule has 63 heavy (non-hydrogen) atoms. The minimum atomic E-state index is -4.33. The smallest absolute Gasteiger partial charge is 0.393 e. The summed E-state index contributed by atoms with van der Waals surface area (Å²) in [7, 11) is 0. The van der Waals surface area contributed by atoms with Crippen LogP contribution in [0.1, 0.15) is 97.6 Å². The SMILES string of the molecule is FC(F)(F)c1ccc(CBr)cc1.O=C(N1CCC(O)CC1)C1(c2ccc(Cl)cc2)CCC1.O=C(N1CCC(OCc2ccc(C(F)(F)F)cc2)CC1)C1(c2ccc(Cl)cc2)CCC1. The van der Waals surface area contributed by atoms with Gasteiger partial charge in [0.05, 0.1) is 40.8 Å². The molecule has 2 aliphatic carbocycles. The Morgan fingerprint density at radius 3 is 1.30 bits per heavy atom. The minimum Gasteiger partial charge on any atom is -0.393 e. The van der Waals surface area contributed by atoms with Gasteiger partial charge in [0.25, 0.3) is 0 Å². The van der Waals surface area contributed by atoms with Crippen molar-refractivity contribution >= 4 is 50.9 Å². The van der Waals surface area contributed by atoms with E-state index in [1.807, 2.05) is 58.3 Å². The van der Waals surface area contributed by atoms with Gasteiger partial charge in [0.2, 0.25) is 11.8 Å². The fourth-order valence-electron chi connectivity index (χ4n) is 8.54. The number of benzene rings is 4. The number of hydrogen-bond acceptors (Lipinski definition) is 4. The fourth-order valence-corrected chi connectivity index (χ4v) is 9.16. The van der Waals surface area contributed by atoms with E-state index in [2.05, 4.69) is 15.9 Å². The summed E-state index contributed by atoms with van der Waals surface area (Å²) in [4.78, 5) is 30.1. The van der Waals surface area contributed by atoms with Crippen molar-refractivity contribution in [3.8, 4) is 0 Å². The molecule has 2 saturated heterocycles. The van der Waals surface area contributed by atoms with Crippen LogP contribution in [-0.4, -0.2) is 65.1 Å². The molecule has 4 aromatic rings. The molecule has 0 aromatic heterocycles. The van der Waals surface area contributed by atoms with Gasteiger partial charge >= 0.3 is 12.4 Å². The molecule has 340 valence electrons. The second-order valence-corrected chi connectivity index (χ2v) is 18.2. The summed E-state index contributed by atoms with van der Waals surface area (Å²) in [6.45, 7) is 2.88. The van der Waals surface area contributed by atoms with Gasteiger partial charge in [-0.05, 0) is 122 Å². The average Bonchev–Trinajstić information content (AvgIpc) is 3.24. The van der Waals surface area contributed by atoms with E-state index in [0.717, 1.165) is 92.3 Å². The number of aliphatic hydroxyl groups excluding tert-OH is 1. The van der Waals surface area contributed by atoms with E-state index in [9.17, 15) is 41.0 Å².